The van der Waals surface area contributed by atoms with Crippen molar-refractivity contribution in [2.75, 3.05) is 6.61 Å². The van der Waals surface area contributed by atoms with Crippen LogP contribution in [0.1, 0.15) is 69.4 Å². The SMILES string of the molecule is CCC(CC)COc1cc2c(cc1-c1nccs1)-c1cc(=O)c(C(C)=O)cn1C(C(C)C)C2. The van der Waals surface area contributed by atoms with Gasteiger partial charge in [0.15, 0.2) is 11.2 Å². The summed E-state index contributed by atoms with van der Waals surface area (Å²) in [5.41, 5.74) is 4.01. The zero-order valence-electron chi connectivity index (χ0n) is 20.1. The summed E-state index contributed by atoms with van der Waals surface area (Å²) in [6.45, 7) is 10.9. The Kier molecular flexibility index (Phi) is 6.84. The van der Waals surface area contributed by atoms with E-state index in [-0.39, 0.29) is 22.8 Å². The summed E-state index contributed by atoms with van der Waals surface area (Å²) in [6, 6.07) is 6.05. The van der Waals surface area contributed by atoms with Crippen LogP contribution in [0.5, 0.6) is 5.75 Å². The van der Waals surface area contributed by atoms with Gasteiger partial charge in [-0.2, -0.15) is 0 Å². The maximum atomic E-state index is 12.8. The maximum absolute atomic E-state index is 12.8. The normalized spacial score (nSPS) is 14.9. The molecule has 0 aliphatic carbocycles. The van der Waals surface area contributed by atoms with Crippen LogP contribution in [0.4, 0.5) is 0 Å². The predicted octanol–water partition coefficient (Wildman–Crippen LogP) is 6.41. The first-order valence-electron chi connectivity index (χ1n) is 11.8. The summed E-state index contributed by atoms with van der Waals surface area (Å²) >= 11 is 1.58. The van der Waals surface area contributed by atoms with Crippen LogP contribution in [-0.2, 0) is 6.42 Å². The van der Waals surface area contributed by atoms with Crippen molar-refractivity contribution in [2.45, 2.75) is 59.9 Å². The van der Waals surface area contributed by atoms with Gasteiger partial charge >= 0.3 is 0 Å². The molecule has 4 rings (SSSR count). The quantitative estimate of drug-likeness (QED) is 0.361. The molecule has 0 N–H and O–H groups in total. The molecule has 1 aliphatic rings. The lowest BCUT2D eigenvalue weighted by Gasteiger charge is -2.34. The third kappa shape index (κ3) is 4.54. The number of ketones is 1. The molecular weight excluding hydrogens is 432 g/mol. The summed E-state index contributed by atoms with van der Waals surface area (Å²) in [6.07, 6.45) is 6.54. The molecule has 33 heavy (non-hydrogen) atoms. The zero-order valence-corrected chi connectivity index (χ0v) is 20.9. The molecule has 174 valence electrons. The minimum Gasteiger partial charge on any atom is -0.493 e. The molecule has 0 radical (unpaired) electrons. The largest absolute Gasteiger partial charge is 0.493 e. The van der Waals surface area contributed by atoms with Crippen molar-refractivity contribution in [3.05, 3.63) is 57.3 Å². The molecule has 0 amide bonds. The average Bonchev–Trinajstić information content (AvgIpc) is 3.32. The Morgan fingerprint density at radius 2 is 1.97 bits per heavy atom. The number of ether oxygens (including phenoxy) is 1. The number of nitrogens with zero attached hydrogens (tertiary/aromatic N) is 2. The fourth-order valence-corrected chi connectivity index (χ4v) is 5.25. The lowest BCUT2D eigenvalue weighted by molar-refractivity contribution is 0.101. The van der Waals surface area contributed by atoms with Crippen molar-refractivity contribution in [1.82, 2.24) is 9.55 Å². The van der Waals surface area contributed by atoms with E-state index >= 15 is 0 Å². The van der Waals surface area contributed by atoms with E-state index in [1.807, 2.05) is 5.38 Å². The van der Waals surface area contributed by atoms with Crippen molar-refractivity contribution in [3.8, 4) is 27.6 Å². The molecule has 1 aromatic carbocycles. The Labute approximate surface area is 199 Å². The second-order valence-corrected chi connectivity index (χ2v) is 10.1. The van der Waals surface area contributed by atoms with E-state index in [0.29, 0.717) is 18.4 Å². The molecule has 3 aromatic rings. The Bertz CT molecular complexity index is 1210. The zero-order chi connectivity index (χ0) is 23.7. The van der Waals surface area contributed by atoms with Crippen LogP contribution in [0.15, 0.2) is 40.8 Å². The van der Waals surface area contributed by atoms with E-state index in [1.54, 1.807) is 29.8 Å². The van der Waals surface area contributed by atoms with Gasteiger partial charge in [0.1, 0.15) is 10.8 Å². The number of pyridine rings is 1. The number of hydrogen-bond acceptors (Lipinski definition) is 5. The number of aromatic nitrogens is 2. The van der Waals surface area contributed by atoms with Crippen LogP contribution >= 0.6 is 11.3 Å². The summed E-state index contributed by atoms with van der Waals surface area (Å²) in [5, 5.41) is 2.86. The third-order valence-electron chi connectivity index (χ3n) is 6.79. The first kappa shape index (κ1) is 23.4. The number of thiazole rings is 1. The molecule has 0 fully saturated rings. The highest BCUT2D eigenvalue weighted by atomic mass is 32.1. The summed E-state index contributed by atoms with van der Waals surface area (Å²) < 4.78 is 8.51. The molecule has 0 spiro atoms. The van der Waals surface area contributed by atoms with Crippen LogP contribution < -0.4 is 10.2 Å². The molecule has 0 bridgehead atoms. The van der Waals surface area contributed by atoms with Gasteiger partial charge in [-0.3, -0.25) is 9.59 Å². The molecule has 1 unspecified atom stereocenters. The van der Waals surface area contributed by atoms with Crippen molar-refractivity contribution in [3.63, 3.8) is 0 Å². The van der Waals surface area contributed by atoms with Crippen molar-refractivity contribution >= 4 is 17.1 Å². The first-order valence-corrected chi connectivity index (χ1v) is 12.7. The lowest BCUT2D eigenvalue weighted by atomic mass is 9.86. The third-order valence-corrected chi connectivity index (χ3v) is 7.59. The van der Waals surface area contributed by atoms with Crippen LogP contribution in [0.2, 0.25) is 0 Å². The number of hydrogen-bond donors (Lipinski definition) is 0. The van der Waals surface area contributed by atoms with Gasteiger partial charge < -0.3 is 9.30 Å². The number of rotatable bonds is 8. The van der Waals surface area contributed by atoms with E-state index in [2.05, 4.69) is 49.4 Å². The molecule has 0 saturated carbocycles. The first-order chi connectivity index (χ1) is 15.8. The molecule has 5 nitrogen and oxygen atoms in total. The maximum Gasteiger partial charge on any atom is 0.192 e. The van der Waals surface area contributed by atoms with Gasteiger partial charge in [-0.1, -0.05) is 40.5 Å². The standard InChI is InChI=1S/C27H32N2O3S/c1-6-18(7-2)15-32-26-11-19-10-23(16(3)4)29-14-22(17(5)30)25(31)13-24(29)20(19)12-21(26)27-28-8-9-33-27/h8-9,11-14,16,18,23H,6-7,10,15H2,1-5H3. The minimum absolute atomic E-state index is 0.156. The fourth-order valence-electron chi connectivity index (χ4n) is 4.59. The van der Waals surface area contributed by atoms with Crippen LogP contribution in [0, 0.1) is 11.8 Å². The van der Waals surface area contributed by atoms with E-state index in [0.717, 1.165) is 46.8 Å². The van der Waals surface area contributed by atoms with E-state index < -0.39 is 0 Å². The van der Waals surface area contributed by atoms with Crippen molar-refractivity contribution in [1.29, 1.82) is 0 Å². The van der Waals surface area contributed by atoms with Gasteiger partial charge in [0.05, 0.1) is 23.4 Å². The van der Waals surface area contributed by atoms with E-state index in [9.17, 15) is 9.59 Å². The number of Topliss-reactive ketones (excluding diaryl/α,β-unsaturated/α-hetero) is 1. The van der Waals surface area contributed by atoms with Crippen LogP contribution in [0.25, 0.3) is 21.8 Å². The molecule has 3 heterocycles. The molecule has 6 heteroatoms. The Balaban J connectivity index is 1.89. The summed E-state index contributed by atoms with van der Waals surface area (Å²) in [4.78, 5) is 29.4. The lowest BCUT2D eigenvalue weighted by Crippen LogP contribution is -2.28. The topological polar surface area (TPSA) is 61.2 Å². The molecule has 0 saturated heterocycles. The minimum atomic E-state index is -0.228. The highest BCUT2D eigenvalue weighted by molar-refractivity contribution is 7.13. The second-order valence-electron chi connectivity index (χ2n) is 9.25. The molecule has 2 aromatic heterocycles. The summed E-state index contributed by atoms with van der Waals surface area (Å²) in [5.74, 6) is 1.51. The van der Waals surface area contributed by atoms with E-state index in [1.165, 1.54) is 12.5 Å². The number of benzene rings is 1. The van der Waals surface area contributed by atoms with Gasteiger partial charge in [-0.25, -0.2) is 4.98 Å². The van der Waals surface area contributed by atoms with Crippen molar-refractivity contribution in [2.24, 2.45) is 11.8 Å². The van der Waals surface area contributed by atoms with Gasteiger partial charge in [-0.15, -0.1) is 11.3 Å². The highest BCUT2D eigenvalue weighted by Crippen LogP contribution is 2.43. The monoisotopic (exact) mass is 464 g/mol. The second kappa shape index (κ2) is 9.64. The summed E-state index contributed by atoms with van der Waals surface area (Å²) in [7, 11) is 0. The number of fused-ring (bicyclic) bond motifs is 3. The Hall–Kier alpha value is -2.73. The van der Waals surface area contributed by atoms with E-state index in [4.69, 9.17) is 4.74 Å². The van der Waals surface area contributed by atoms with Crippen molar-refractivity contribution < 1.29 is 9.53 Å². The number of carbonyl (C=O) groups excluding carboxylic acids is 1. The smallest absolute Gasteiger partial charge is 0.192 e. The molecule has 1 atom stereocenters. The Morgan fingerprint density at radius 3 is 2.58 bits per heavy atom. The van der Waals surface area contributed by atoms with Gasteiger partial charge in [-0.05, 0) is 42.9 Å². The average molecular weight is 465 g/mol. The Morgan fingerprint density at radius 1 is 1.21 bits per heavy atom. The molecule has 1 aliphatic heterocycles. The number of carbonyl (C=O) groups is 1. The van der Waals surface area contributed by atoms with Gasteiger partial charge in [0.25, 0.3) is 0 Å². The van der Waals surface area contributed by atoms with Crippen LogP contribution in [-0.4, -0.2) is 21.9 Å². The predicted molar refractivity (Wildman–Crippen MR) is 134 cm³/mol. The fraction of sp³-hybridized carbons (Fsp3) is 0.444. The van der Waals surface area contributed by atoms with Crippen LogP contribution in [0.3, 0.4) is 0 Å². The van der Waals surface area contributed by atoms with Gasteiger partial charge in [0.2, 0.25) is 0 Å². The molecular formula is C27H32N2O3S. The van der Waals surface area contributed by atoms with Gasteiger partial charge in [0, 0.05) is 35.4 Å². The highest BCUT2D eigenvalue weighted by Gasteiger charge is 2.29.